The number of allylic oxidation sites excluding steroid dienone is 2. The van der Waals surface area contributed by atoms with Crippen LogP contribution in [0, 0.1) is 5.82 Å². The predicted molar refractivity (Wildman–Crippen MR) is 111 cm³/mol. The van der Waals surface area contributed by atoms with Crippen molar-refractivity contribution in [3.05, 3.63) is 94.0 Å². The Morgan fingerprint density at radius 3 is 2.60 bits per heavy atom. The van der Waals surface area contributed by atoms with Crippen molar-refractivity contribution in [2.45, 2.75) is 25.9 Å². The van der Waals surface area contributed by atoms with Gasteiger partial charge in [-0.25, -0.2) is 9.37 Å². The Hall–Kier alpha value is -3.18. The number of benzene rings is 2. The smallest absolute Gasteiger partial charge is 0.127 e. The summed E-state index contributed by atoms with van der Waals surface area (Å²) in [5.74, 6) is -1.12. The van der Waals surface area contributed by atoms with Gasteiger partial charge in [0.05, 0.1) is 17.4 Å². The molecule has 4 rings (SSSR count). The van der Waals surface area contributed by atoms with Crippen LogP contribution in [-0.2, 0) is 6.61 Å². The van der Waals surface area contributed by atoms with Crippen molar-refractivity contribution in [1.29, 1.82) is 0 Å². The van der Waals surface area contributed by atoms with Crippen LogP contribution in [0.25, 0.3) is 11.1 Å². The SMILES string of the molecule is O=C([O-])c1cccc(C2=C(c3cc(F)ccc3OCc3ccc(Cl)cc3)CCC2)n1. The van der Waals surface area contributed by atoms with Crippen molar-refractivity contribution in [2.75, 3.05) is 0 Å². The number of hydrogen-bond acceptors (Lipinski definition) is 4. The number of carbonyl (C=O) groups is 1. The van der Waals surface area contributed by atoms with Gasteiger partial charge in [-0.1, -0.05) is 29.8 Å². The van der Waals surface area contributed by atoms with Crippen molar-refractivity contribution < 1.29 is 19.0 Å². The number of halogens is 2. The molecule has 1 aliphatic rings. The molecule has 30 heavy (non-hydrogen) atoms. The lowest BCUT2D eigenvalue weighted by Gasteiger charge is -2.15. The molecule has 1 heterocycles. The van der Waals surface area contributed by atoms with Crippen molar-refractivity contribution in [2.24, 2.45) is 0 Å². The number of ether oxygens (including phenoxy) is 1. The average molecular weight is 423 g/mol. The highest BCUT2D eigenvalue weighted by molar-refractivity contribution is 6.30. The van der Waals surface area contributed by atoms with Gasteiger partial charge >= 0.3 is 0 Å². The molecule has 0 bridgehead atoms. The lowest BCUT2D eigenvalue weighted by Crippen LogP contribution is -2.23. The van der Waals surface area contributed by atoms with Crippen LogP contribution in [-0.4, -0.2) is 11.0 Å². The number of aromatic nitrogens is 1. The highest BCUT2D eigenvalue weighted by Crippen LogP contribution is 2.42. The Labute approximate surface area is 178 Å². The van der Waals surface area contributed by atoms with Crippen molar-refractivity contribution >= 4 is 28.7 Å². The van der Waals surface area contributed by atoms with E-state index in [0.29, 0.717) is 28.6 Å². The number of carbonyl (C=O) groups excluding carboxylic acids is 1. The van der Waals surface area contributed by atoms with Crippen molar-refractivity contribution in [1.82, 2.24) is 4.98 Å². The molecule has 0 aliphatic heterocycles. The minimum Gasteiger partial charge on any atom is -0.543 e. The summed E-state index contributed by atoms with van der Waals surface area (Å²) < 4.78 is 20.1. The molecule has 1 aromatic heterocycles. The quantitative estimate of drug-likeness (QED) is 0.566. The number of nitrogens with zero attached hydrogens (tertiary/aromatic N) is 1. The molecular formula is C24H18ClFNO3-. The minimum atomic E-state index is -1.32. The molecular weight excluding hydrogens is 405 g/mol. The Kier molecular flexibility index (Phi) is 5.81. The van der Waals surface area contributed by atoms with E-state index in [4.69, 9.17) is 16.3 Å². The monoisotopic (exact) mass is 422 g/mol. The van der Waals surface area contributed by atoms with E-state index in [9.17, 15) is 14.3 Å². The molecule has 0 unspecified atom stereocenters. The maximum Gasteiger partial charge on any atom is 0.127 e. The summed E-state index contributed by atoms with van der Waals surface area (Å²) in [7, 11) is 0. The van der Waals surface area contributed by atoms with E-state index in [1.807, 2.05) is 12.1 Å². The van der Waals surface area contributed by atoms with Gasteiger partial charge in [0.1, 0.15) is 18.2 Å². The Morgan fingerprint density at radius 1 is 1.07 bits per heavy atom. The zero-order chi connectivity index (χ0) is 21.1. The zero-order valence-electron chi connectivity index (χ0n) is 16.0. The van der Waals surface area contributed by atoms with Crippen molar-refractivity contribution in [3.8, 4) is 5.75 Å². The van der Waals surface area contributed by atoms with Crippen LogP contribution >= 0.6 is 11.6 Å². The maximum atomic E-state index is 14.1. The van der Waals surface area contributed by atoms with Crippen LogP contribution in [0.4, 0.5) is 4.39 Å². The van der Waals surface area contributed by atoms with Crippen LogP contribution in [0.5, 0.6) is 5.75 Å². The number of pyridine rings is 1. The second kappa shape index (κ2) is 8.67. The first kappa shape index (κ1) is 20.1. The topological polar surface area (TPSA) is 62.2 Å². The molecule has 0 saturated heterocycles. The van der Waals surface area contributed by atoms with Crippen LogP contribution < -0.4 is 9.84 Å². The van der Waals surface area contributed by atoms with E-state index in [0.717, 1.165) is 36.0 Å². The first-order valence-electron chi connectivity index (χ1n) is 9.59. The molecule has 0 spiro atoms. The summed E-state index contributed by atoms with van der Waals surface area (Å²) in [6.07, 6.45) is 2.33. The lowest BCUT2D eigenvalue weighted by molar-refractivity contribution is -0.255. The van der Waals surface area contributed by atoms with Gasteiger partial charge < -0.3 is 14.6 Å². The first-order chi connectivity index (χ1) is 14.5. The first-order valence-corrected chi connectivity index (χ1v) is 9.97. The molecule has 0 amide bonds. The zero-order valence-corrected chi connectivity index (χ0v) is 16.8. The van der Waals surface area contributed by atoms with E-state index < -0.39 is 5.97 Å². The van der Waals surface area contributed by atoms with Crippen LogP contribution in [0.3, 0.4) is 0 Å². The van der Waals surface area contributed by atoms with Gasteiger partial charge in [0, 0.05) is 10.6 Å². The normalized spacial score (nSPS) is 13.5. The third-order valence-corrected chi connectivity index (χ3v) is 5.31. The predicted octanol–water partition coefficient (Wildman–Crippen LogP) is 4.91. The van der Waals surface area contributed by atoms with E-state index in [1.54, 1.807) is 30.3 Å². The summed E-state index contributed by atoms with van der Waals surface area (Å²) in [6, 6.07) is 16.6. The standard InChI is InChI=1S/C24H19ClFNO3/c25-16-9-7-15(8-10-16)14-30-23-12-11-17(26)13-20(23)18-3-1-4-19(18)21-5-2-6-22(27-21)24(28)29/h2,5-13H,1,3-4,14H2,(H,28,29)/p-1. The molecule has 0 saturated carbocycles. The van der Waals surface area contributed by atoms with Gasteiger partial charge in [-0.05, 0) is 78.4 Å². The van der Waals surface area contributed by atoms with E-state index >= 15 is 0 Å². The third kappa shape index (κ3) is 4.36. The van der Waals surface area contributed by atoms with Crippen LogP contribution in [0.2, 0.25) is 5.02 Å². The van der Waals surface area contributed by atoms with E-state index in [1.165, 1.54) is 18.2 Å². The fraction of sp³-hybridized carbons (Fsp3) is 0.167. The number of hydrogen-bond donors (Lipinski definition) is 0. The van der Waals surface area contributed by atoms with Gasteiger partial charge in [-0.15, -0.1) is 0 Å². The minimum absolute atomic E-state index is 0.121. The van der Waals surface area contributed by atoms with Gasteiger partial charge in [0.2, 0.25) is 0 Å². The Bertz CT molecular complexity index is 1130. The fourth-order valence-corrected chi connectivity index (χ4v) is 3.77. The summed E-state index contributed by atoms with van der Waals surface area (Å²) in [6.45, 7) is 0.316. The molecule has 0 radical (unpaired) electrons. The Morgan fingerprint density at radius 2 is 1.83 bits per heavy atom. The van der Waals surface area contributed by atoms with Crippen LogP contribution in [0.15, 0.2) is 60.7 Å². The highest BCUT2D eigenvalue weighted by atomic mass is 35.5. The summed E-state index contributed by atoms with van der Waals surface area (Å²) in [5, 5.41) is 11.8. The molecule has 1 aliphatic carbocycles. The van der Waals surface area contributed by atoms with Crippen molar-refractivity contribution in [3.63, 3.8) is 0 Å². The average Bonchev–Trinajstić information content (AvgIpc) is 3.24. The molecule has 0 fully saturated rings. The number of carboxylic acids is 1. The molecule has 4 nitrogen and oxygen atoms in total. The Balaban J connectivity index is 1.70. The second-order valence-electron chi connectivity index (χ2n) is 7.06. The fourth-order valence-electron chi connectivity index (χ4n) is 3.65. The molecule has 6 heteroatoms. The molecule has 0 N–H and O–H groups in total. The molecule has 3 aromatic rings. The lowest BCUT2D eigenvalue weighted by atomic mass is 9.98. The number of carboxylic acid groups (broad SMARTS) is 1. The summed E-state index contributed by atoms with van der Waals surface area (Å²) >= 11 is 5.93. The molecule has 2 aromatic carbocycles. The van der Waals surface area contributed by atoms with Gasteiger partial charge in [-0.2, -0.15) is 0 Å². The number of rotatable bonds is 6. The van der Waals surface area contributed by atoms with E-state index in [-0.39, 0.29) is 11.5 Å². The van der Waals surface area contributed by atoms with Gasteiger partial charge in [0.25, 0.3) is 0 Å². The molecule has 152 valence electrons. The van der Waals surface area contributed by atoms with Gasteiger partial charge in [-0.3, -0.25) is 0 Å². The summed E-state index contributed by atoms with van der Waals surface area (Å²) in [4.78, 5) is 15.4. The highest BCUT2D eigenvalue weighted by Gasteiger charge is 2.22. The third-order valence-electron chi connectivity index (χ3n) is 5.06. The maximum absolute atomic E-state index is 14.1. The largest absolute Gasteiger partial charge is 0.543 e. The van der Waals surface area contributed by atoms with Gasteiger partial charge in [0.15, 0.2) is 0 Å². The number of aromatic carboxylic acids is 1. The second-order valence-corrected chi connectivity index (χ2v) is 7.50. The van der Waals surface area contributed by atoms with Crippen LogP contribution in [0.1, 0.15) is 46.6 Å². The molecule has 0 atom stereocenters. The van der Waals surface area contributed by atoms with E-state index in [2.05, 4.69) is 4.98 Å². The summed E-state index contributed by atoms with van der Waals surface area (Å²) in [5.41, 5.74) is 3.88.